The summed E-state index contributed by atoms with van der Waals surface area (Å²) in [5.41, 5.74) is 0. The molecule has 2 atom stereocenters. The Kier molecular flexibility index (Phi) is 6.60. The van der Waals surface area contributed by atoms with E-state index in [0.29, 0.717) is 19.3 Å². The molecule has 0 bridgehead atoms. The minimum atomic E-state index is -2.85. The fourth-order valence-electron chi connectivity index (χ4n) is 2.69. The zero-order chi connectivity index (χ0) is 13.6. The van der Waals surface area contributed by atoms with E-state index in [9.17, 15) is 8.42 Å². The molecule has 1 fully saturated rings. The lowest BCUT2D eigenvalue weighted by atomic mass is 9.82. The molecule has 0 spiro atoms. The van der Waals surface area contributed by atoms with E-state index in [1.165, 1.54) is 12.7 Å². The minimum absolute atomic E-state index is 0.199. The second-order valence-electron chi connectivity index (χ2n) is 5.79. The number of sulfone groups is 1. The smallest absolute Gasteiger partial charge is 0.148 e. The largest absolute Gasteiger partial charge is 0.377 e. The summed E-state index contributed by atoms with van der Waals surface area (Å²) in [5.74, 6) is 1.72. The molecule has 1 rings (SSSR count). The van der Waals surface area contributed by atoms with Crippen LogP contribution in [0.1, 0.15) is 33.1 Å². The van der Waals surface area contributed by atoms with Crippen molar-refractivity contribution in [2.45, 2.75) is 39.2 Å². The molecule has 0 aromatic carbocycles. The fourth-order valence-corrected chi connectivity index (χ4v) is 3.20. The van der Waals surface area contributed by atoms with Gasteiger partial charge in [-0.25, -0.2) is 8.42 Å². The van der Waals surface area contributed by atoms with Gasteiger partial charge in [-0.05, 0) is 31.1 Å². The van der Waals surface area contributed by atoms with Crippen molar-refractivity contribution in [1.29, 1.82) is 0 Å². The molecular formula is C13H27NO3S. The summed E-state index contributed by atoms with van der Waals surface area (Å²) in [7, 11) is -2.85. The normalized spacial score (nSPS) is 29.4. The predicted octanol–water partition coefficient (Wildman–Crippen LogP) is 1.46. The van der Waals surface area contributed by atoms with E-state index in [0.717, 1.165) is 31.2 Å². The quantitative estimate of drug-likeness (QED) is 0.716. The van der Waals surface area contributed by atoms with Crippen molar-refractivity contribution in [2.75, 3.05) is 31.7 Å². The van der Waals surface area contributed by atoms with Gasteiger partial charge in [0.15, 0.2) is 0 Å². The highest BCUT2D eigenvalue weighted by Gasteiger charge is 2.23. The fraction of sp³-hybridized carbons (Fsp3) is 1.00. The molecule has 1 aliphatic carbocycles. The van der Waals surface area contributed by atoms with Gasteiger partial charge in [0.2, 0.25) is 0 Å². The van der Waals surface area contributed by atoms with Crippen LogP contribution in [0.4, 0.5) is 0 Å². The van der Waals surface area contributed by atoms with Crippen molar-refractivity contribution in [3.05, 3.63) is 0 Å². The summed E-state index contributed by atoms with van der Waals surface area (Å²) < 4.78 is 27.7. The van der Waals surface area contributed by atoms with Gasteiger partial charge in [0.1, 0.15) is 9.84 Å². The molecule has 0 heterocycles. The van der Waals surface area contributed by atoms with E-state index < -0.39 is 9.84 Å². The Labute approximate surface area is 111 Å². The Morgan fingerprint density at radius 1 is 1.11 bits per heavy atom. The van der Waals surface area contributed by atoms with Crippen LogP contribution in [0.2, 0.25) is 0 Å². The van der Waals surface area contributed by atoms with E-state index in [1.807, 2.05) is 0 Å². The van der Waals surface area contributed by atoms with Crippen LogP contribution in [0.25, 0.3) is 0 Å². The second-order valence-corrected chi connectivity index (χ2v) is 8.05. The summed E-state index contributed by atoms with van der Waals surface area (Å²) >= 11 is 0. The molecule has 108 valence electrons. The second kappa shape index (κ2) is 7.46. The Balaban J connectivity index is 2.04. The lowest BCUT2D eigenvalue weighted by molar-refractivity contribution is 0.00286. The topological polar surface area (TPSA) is 55.4 Å². The molecule has 0 radical (unpaired) electrons. The number of ether oxygens (including phenoxy) is 1. The van der Waals surface area contributed by atoms with Crippen molar-refractivity contribution in [3.8, 4) is 0 Å². The monoisotopic (exact) mass is 277 g/mol. The molecule has 5 heteroatoms. The molecule has 0 aromatic rings. The molecule has 0 aromatic heterocycles. The van der Waals surface area contributed by atoms with Crippen molar-refractivity contribution in [2.24, 2.45) is 11.8 Å². The van der Waals surface area contributed by atoms with Gasteiger partial charge in [-0.3, -0.25) is 0 Å². The van der Waals surface area contributed by atoms with Crippen molar-refractivity contribution in [1.82, 2.24) is 5.32 Å². The standard InChI is InChI=1S/C13H27NO3S/c1-11-8-12(2)10-13(9-11)17-6-4-14-5-7-18(3,15)16/h11-14H,4-10H2,1-3H3. The first kappa shape index (κ1) is 15.9. The van der Waals surface area contributed by atoms with Crippen molar-refractivity contribution < 1.29 is 13.2 Å². The van der Waals surface area contributed by atoms with Crippen LogP contribution in [0.15, 0.2) is 0 Å². The summed E-state index contributed by atoms with van der Waals surface area (Å²) in [6.07, 6.45) is 5.28. The number of hydrogen-bond acceptors (Lipinski definition) is 4. The molecule has 0 aliphatic heterocycles. The Hall–Kier alpha value is -0.130. The highest BCUT2D eigenvalue weighted by atomic mass is 32.2. The molecule has 1 saturated carbocycles. The van der Waals surface area contributed by atoms with Crippen LogP contribution in [-0.4, -0.2) is 46.2 Å². The highest BCUT2D eigenvalue weighted by Crippen LogP contribution is 2.30. The van der Waals surface area contributed by atoms with Gasteiger partial charge < -0.3 is 10.1 Å². The third kappa shape index (κ3) is 7.34. The van der Waals surface area contributed by atoms with Crippen LogP contribution in [0, 0.1) is 11.8 Å². The lowest BCUT2D eigenvalue weighted by Crippen LogP contribution is -2.30. The lowest BCUT2D eigenvalue weighted by Gasteiger charge is -2.31. The van der Waals surface area contributed by atoms with E-state index in [4.69, 9.17) is 4.74 Å². The number of rotatable bonds is 7. The van der Waals surface area contributed by atoms with E-state index in [1.54, 1.807) is 0 Å². The van der Waals surface area contributed by atoms with E-state index in [-0.39, 0.29) is 5.75 Å². The maximum Gasteiger partial charge on any atom is 0.148 e. The molecule has 1 N–H and O–H groups in total. The van der Waals surface area contributed by atoms with Gasteiger partial charge in [0, 0.05) is 19.3 Å². The summed E-state index contributed by atoms with van der Waals surface area (Å²) in [5, 5.41) is 3.10. The third-order valence-electron chi connectivity index (χ3n) is 3.42. The molecular weight excluding hydrogens is 250 g/mol. The van der Waals surface area contributed by atoms with Gasteiger partial charge >= 0.3 is 0 Å². The maximum atomic E-state index is 10.9. The molecule has 0 saturated heterocycles. The molecule has 0 amide bonds. The minimum Gasteiger partial charge on any atom is -0.377 e. The Morgan fingerprint density at radius 2 is 1.72 bits per heavy atom. The van der Waals surface area contributed by atoms with Gasteiger partial charge in [-0.1, -0.05) is 13.8 Å². The summed E-state index contributed by atoms with van der Waals surface area (Å²) in [6.45, 7) is 6.50. The zero-order valence-corrected chi connectivity index (χ0v) is 12.6. The van der Waals surface area contributed by atoms with Crippen molar-refractivity contribution in [3.63, 3.8) is 0 Å². The van der Waals surface area contributed by atoms with Gasteiger partial charge in [-0.15, -0.1) is 0 Å². The first-order valence-electron chi connectivity index (χ1n) is 6.87. The van der Waals surface area contributed by atoms with Gasteiger partial charge in [-0.2, -0.15) is 0 Å². The first-order valence-corrected chi connectivity index (χ1v) is 8.93. The van der Waals surface area contributed by atoms with Crippen LogP contribution >= 0.6 is 0 Å². The summed E-state index contributed by atoms with van der Waals surface area (Å²) in [4.78, 5) is 0. The summed E-state index contributed by atoms with van der Waals surface area (Å²) in [6, 6.07) is 0. The molecule has 4 nitrogen and oxygen atoms in total. The predicted molar refractivity (Wildman–Crippen MR) is 74.5 cm³/mol. The Morgan fingerprint density at radius 3 is 2.28 bits per heavy atom. The third-order valence-corrected chi connectivity index (χ3v) is 4.36. The van der Waals surface area contributed by atoms with Crippen LogP contribution in [0.5, 0.6) is 0 Å². The SMILES string of the molecule is CC1CC(C)CC(OCCNCCS(C)(=O)=O)C1. The van der Waals surface area contributed by atoms with Crippen molar-refractivity contribution >= 4 is 9.84 Å². The number of nitrogens with one attached hydrogen (secondary N) is 1. The van der Waals surface area contributed by atoms with E-state index in [2.05, 4.69) is 19.2 Å². The van der Waals surface area contributed by atoms with Crippen LogP contribution < -0.4 is 5.32 Å². The van der Waals surface area contributed by atoms with Crippen LogP contribution in [-0.2, 0) is 14.6 Å². The molecule has 2 unspecified atom stereocenters. The zero-order valence-electron chi connectivity index (χ0n) is 11.8. The highest BCUT2D eigenvalue weighted by molar-refractivity contribution is 7.90. The maximum absolute atomic E-state index is 10.9. The van der Waals surface area contributed by atoms with Gasteiger partial charge in [0.25, 0.3) is 0 Å². The average Bonchev–Trinajstić information content (AvgIpc) is 2.20. The molecule has 18 heavy (non-hydrogen) atoms. The molecule has 1 aliphatic rings. The number of hydrogen-bond donors (Lipinski definition) is 1. The Bertz CT molecular complexity index is 319. The van der Waals surface area contributed by atoms with Crippen LogP contribution in [0.3, 0.4) is 0 Å². The average molecular weight is 277 g/mol. The van der Waals surface area contributed by atoms with E-state index >= 15 is 0 Å². The van der Waals surface area contributed by atoms with Gasteiger partial charge in [0.05, 0.1) is 18.5 Å². The first-order chi connectivity index (χ1) is 8.37.